The Morgan fingerprint density at radius 1 is 1.22 bits per heavy atom. The van der Waals surface area contributed by atoms with Crippen molar-refractivity contribution in [3.8, 4) is 0 Å². The first-order chi connectivity index (χ1) is 11.2. The van der Waals surface area contributed by atoms with E-state index in [1.807, 2.05) is 18.2 Å². The van der Waals surface area contributed by atoms with Crippen molar-refractivity contribution in [2.24, 2.45) is 5.73 Å². The van der Waals surface area contributed by atoms with Gasteiger partial charge in [0, 0.05) is 24.5 Å². The summed E-state index contributed by atoms with van der Waals surface area (Å²) in [6, 6.07) is 12.4. The minimum atomic E-state index is 0.0549. The lowest BCUT2D eigenvalue weighted by molar-refractivity contribution is -0.122. The predicted molar refractivity (Wildman–Crippen MR) is 96.5 cm³/mol. The fourth-order valence-electron chi connectivity index (χ4n) is 2.41. The van der Waals surface area contributed by atoms with E-state index in [4.69, 9.17) is 5.73 Å². The highest BCUT2D eigenvalue weighted by Gasteiger charge is 2.11. The summed E-state index contributed by atoms with van der Waals surface area (Å²) >= 11 is 1.68. The zero-order valence-electron chi connectivity index (χ0n) is 13.6. The number of hydrogen-bond donors (Lipinski definition) is 2. The molecule has 1 aromatic carbocycles. The van der Waals surface area contributed by atoms with E-state index < -0.39 is 0 Å². The zero-order valence-corrected chi connectivity index (χ0v) is 14.4. The molecular formula is C18H25N3OS. The first-order valence-electron chi connectivity index (χ1n) is 7.95. The lowest BCUT2D eigenvalue weighted by Crippen LogP contribution is -2.40. The van der Waals surface area contributed by atoms with Gasteiger partial charge in [0.2, 0.25) is 5.91 Å². The highest BCUT2D eigenvalue weighted by molar-refractivity contribution is 7.10. The Morgan fingerprint density at radius 2 is 2.00 bits per heavy atom. The van der Waals surface area contributed by atoms with E-state index in [2.05, 4.69) is 40.7 Å². The number of nitrogens with two attached hydrogens (primary N) is 1. The maximum absolute atomic E-state index is 12.2. The van der Waals surface area contributed by atoms with Gasteiger partial charge in [-0.1, -0.05) is 30.3 Å². The Labute approximate surface area is 142 Å². The van der Waals surface area contributed by atoms with Crippen molar-refractivity contribution in [3.05, 3.63) is 57.8 Å². The van der Waals surface area contributed by atoms with Crippen LogP contribution in [0, 0.1) is 6.92 Å². The molecule has 1 aromatic heterocycles. The highest BCUT2D eigenvalue weighted by Crippen LogP contribution is 2.14. The van der Waals surface area contributed by atoms with Crippen molar-refractivity contribution in [2.45, 2.75) is 19.9 Å². The summed E-state index contributed by atoms with van der Waals surface area (Å²) in [4.78, 5) is 15.5. The van der Waals surface area contributed by atoms with Crippen LogP contribution in [0.15, 0.2) is 41.8 Å². The van der Waals surface area contributed by atoms with Crippen LogP contribution in [-0.4, -0.2) is 37.0 Å². The Morgan fingerprint density at radius 3 is 2.65 bits per heavy atom. The van der Waals surface area contributed by atoms with Gasteiger partial charge in [-0.3, -0.25) is 9.69 Å². The molecule has 0 unspecified atom stereocenters. The summed E-state index contributed by atoms with van der Waals surface area (Å²) in [5, 5.41) is 5.05. The van der Waals surface area contributed by atoms with Gasteiger partial charge in [-0.25, -0.2) is 0 Å². The van der Waals surface area contributed by atoms with E-state index >= 15 is 0 Å². The number of rotatable bonds is 9. The minimum absolute atomic E-state index is 0.0549. The van der Waals surface area contributed by atoms with Crippen molar-refractivity contribution in [3.63, 3.8) is 0 Å². The second-order valence-electron chi connectivity index (χ2n) is 5.60. The molecule has 3 N–H and O–H groups in total. The first-order valence-corrected chi connectivity index (χ1v) is 8.83. The lowest BCUT2D eigenvalue weighted by Gasteiger charge is -2.21. The molecule has 124 valence electrons. The normalized spacial score (nSPS) is 10.9. The van der Waals surface area contributed by atoms with Gasteiger partial charge in [0.15, 0.2) is 0 Å². The van der Waals surface area contributed by atoms with E-state index in [-0.39, 0.29) is 5.91 Å². The van der Waals surface area contributed by atoms with Crippen LogP contribution in [-0.2, 0) is 17.8 Å². The SMILES string of the molecule is Cc1ccsc1CNC(=O)CN(CCN)CCc1ccccc1. The van der Waals surface area contributed by atoms with Gasteiger partial charge in [0.05, 0.1) is 13.1 Å². The Hall–Kier alpha value is -1.69. The standard InChI is InChI=1S/C18H25N3OS/c1-15-8-12-23-17(15)13-20-18(22)14-21(11-9-19)10-7-16-5-3-2-4-6-16/h2-6,8,12H,7,9-11,13-14,19H2,1H3,(H,20,22). The van der Waals surface area contributed by atoms with E-state index in [9.17, 15) is 4.79 Å². The molecule has 0 saturated carbocycles. The molecule has 2 rings (SSSR count). The van der Waals surface area contributed by atoms with Crippen molar-refractivity contribution in [2.75, 3.05) is 26.2 Å². The number of nitrogens with zero attached hydrogens (tertiary/aromatic N) is 1. The van der Waals surface area contributed by atoms with Gasteiger partial charge < -0.3 is 11.1 Å². The first kappa shape index (κ1) is 17.7. The summed E-state index contributed by atoms with van der Waals surface area (Å²) < 4.78 is 0. The van der Waals surface area contributed by atoms with Crippen molar-refractivity contribution >= 4 is 17.2 Å². The molecule has 4 nitrogen and oxygen atoms in total. The number of carbonyl (C=O) groups is 1. The molecule has 1 amide bonds. The number of nitrogens with one attached hydrogen (secondary N) is 1. The molecule has 0 aliphatic heterocycles. The van der Waals surface area contributed by atoms with Crippen molar-refractivity contribution in [1.82, 2.24) is 10.2 Å². The Balaban J connectivity index is 1.78. The van der Waals surface area contributed by atoms with Crippen molar-refractivity contribution in [1.29, 1.82) is 0 Å². The average Bonchev–Trinajstić information content (AvgIpc) is 2.97. The Kier molecular flexibility index (Phi) is 7.26. The molecule has 0 saturated heterocycles. The number of aryl methyl sites for hydroxylation is 1. The third-order valence-corrected chi connectivity index (χ3v) is 4.81. The molecule has 0 aliphatic carbocycles. The maximum atomic E-state index is 12.2. The second-order valence-corrected chi connectivity index (χ2v) is 6.60. The number of benzene rings is 1. The van der Waals surface area contributed by atoms with E-state index in [1.54, 1.807) is 11.3 Å². The van der Waals surface area contributed by atoms with Gasteiger partial charge in [0.1, 0.15) is 0 Å². The molecule has 5 heteroatoms. The summed E-state index contributed by atoms with van der Waals surface area (Å²) in [5.41, 5.74) is 8.19. The van der Waals surface area contributed by atoms with Crippen LogP contribution in [0.5, 0.6) is 0 Å². The largest absolute Gasteiger partial charge is 0.350 e. The molecule has 0 spiro atoms. The van der Waals surface area contributed by atoms with Crippen molar-refractivity contribution < 1.29 is 4.79 Å². The molecular weight excluding hydrogens is 306 g/mol. The van der Waals surface area contributed by atoms with Gasteiger partial charge in [-0.2, -0.15) is 0 Å². The van der Waals surface area contributed by atoms with Crippen LogP contribution in [0.3, 0.4) is 0 Å². The second kappa shape index (κ2) is 9.45. The van der Waals surface area contributed by atoms with Crippen LogP contribution in [0.4, 0.5) is 0 Å². The average molecular weight is 331 g/mol. The number of hydrogen-bond acceptors (Lipinski definition) is 4. The number of amides is 1. The third kappa shape index (κ3) is 6.14. The summed E-state index contributed by atoms with van der Waals surface area (Å²) in [7, 11) is 0. The van der Waals surface area contributed by atoms with E-state index in [0.29, 0.717) is 19.6 Å². The lowest BCUT2D eigenvalue weighted by atomic mass is 10.1. The van der Waals surface area contributed by atoms with Crippen LogP contribution < -0.4 is 11.1 Å². The van der Waals surface area contributed by atoms with Crippen LogP contribution in [0.2, 0.25) is 0 Å². The third-order valence-electron chi connectivity index (χ3n) is 3.79. The summed E-state index contributed by atoms with van der Waals surface area (Å²) in [5.74, 6) is 0.0549. The quantitative estimate of drug-likeness (QED) is 0.740. The molecule has 1 heterocycles. The van der Waals surface area contributed by atoms with Crippen LogP contribution in [0.1, 0.15) is 16.0 Å². The van der Waals surface area contributed by atoms with Gasteiger partial charge in [-0.15, -0.1) is 11.3 Å². The molecule has 0 bridgehead atoms. The maximum Gasteiger partial charge on any atom is 0.234 e. The molecule has 23 heavy (non-hydrogen) atoms. The monoisotopic (exact) mass is 331 g/mol. The molecule has 0 atom stereocenters. The fourth-order valence-corrected chi connectivity index (χ4v) is 3.25. The van der Waals surface area contributed by atoms with Gasteiger partial charge in [-0.05, 0) is 35.9 Å². The molecule has 2 aromatic rings. The smallest absolute Gasteiger partial charge is 0.234 e. The topological polar surface area (TPSA) is 58.4 Å². The summed E-state index contributed by atoms with van der Waals surface area (Å²) in [6.45, 7) is 5.21. The fraction of sp³-hybridized carbons (Fsp3) is 0.389. The van der Waals surface area contributed by atoms with E-state index in [0.717, 1.165) is 19.5 Å². The van der Waals surface area contributed by atoms with Crippen LogP contribution >= 0.6 is 11.3 Å². The number of thiophene rings is 1. The number of carbonyl (C=O) groups excluding carboxylic acids is 1. The minimum Gasteiger partial charge on any atom is -0.350 e. The predicted octanol–water partition coefficient (Wildman–Crippen LogP) is 2.18. The Bertz CT molecular complexity index is 597. The van der Waals surface area contributed by atoms with Crippen LogP contribution in [0.25, 0.3) is 0 Å². The van der Waals surface area contributed by atoms with Gasteiger partial charge >= 0.3 is 0 Å². The molecule has 0 radical (unpaired) electrons. The summed E-state index contributed by atoms with van der Waals surface area (Å²) in [6.07, 6.45) is 0.929. The molecule has 0 aliphatic rings. The highest BCUT2D eigenvalue weighted by atomic mass is 32.1. The molecule has 0 fully saturated rings. The van der Waals surface area contributed by atoms with E-state index in [1.165, 1.54) is 16.0 Å². The zero-order chi connectivity index (χ0) is 16.5. The van der Waals surface area contributed by atoms with Gasteiger partial charge in [0.25, 0.3) is 0 Å².